The van der Waals surface area contributed by atoms with Gasteiger partial charge in [-0.1, -0.05) is 0 Å². The predicted molar refractivity (Wildman–Crippen MR) is 76.3 cm³/mol. The van der Waals surface area contributed by atoms with Crippen LogP contribution in [0.5, 0.6) is 5.88 Å². The van der Waals surface area contributed by atoms with E-state index < -0.39 is 0 Å². The zero-order chi connectivity index (χ0) is 13.0. The number of nitrogens with one attached hydrogen (secondary N) is 1. The predicted octanol–water partition coefficient (Wildman–Crippen LogP) is 2.09. The molecular weight excluding hydrogens is 345 g/mol. The SMILES string of the molecule is O=C(NCc1c(I)ccnc1O)N1CCCCC1. The first-order valence-corrected chi connectivity index (χ1v) is 7.11. The second-order valence-electron chi connectivity index (χ2n) is 4.30. The third-order valence-corrected chi connectivity index (χ3v) is 4.05. The number of amides is 2. The number of carbonyl (C=O) groups is 1. The van der Waals surface area contributed by atoms with Crippen molar-refractivity contribution in [1.82, 2.24) is 15.2 Å². The molecule has 1 fully saturated rings. The molecule has 5 nitrogen and oxygen atoms in total. The summed E-state index contributed by atoms with van der Waals surface area (Å²) < 4.78 is 0.902. The number of aromatic nitrogens is 1. The van der Waals surface area contributed by atoms with Crippen LogP contribution in [0.2, 0.25) is 0 Å². The molecule has 1 aliphatic heterocycles. The number of halogens is 1. The van der Waals surface area contributed by atoms with Crippen molar-refractivity contribution in [3.8, 4) is 5.88 Å². The summed E-state index contributed by atoms with van der Waals surface area (Å²) in [6, 6.07) is 1.75. The van der Waals surface area contributed by atoms with Gasteiger partial charge in [-0.05, 0) is 47.9 Å². The number of urea groups is 1. The highest BCUT2D eigenvalue weighted by atomic mass is 127. The summed E-state index contributed by atoms with van der Waals surface area (Å²) in [4.78, 5) is 17.5. The minimum Gasteiger partial charge on any atom is -0.493 e. The number of hydrogen-bond acceptors (Lipinski definition) is 3. The first kappa shape index (κ1) is 13.4. The third-order valence-electron chi connectivity index (χ3n) is 3.04. The molecule has 0 radical (unpaired) electrons. The van der Waals surface area contributed by atoms with E-state index >= 15 is 0 Å². The second kappa shape index (κ2) is 6.21. The summed E-state index contributed by atoms with van der Waals surface area (Å²) in [7, 11) is 0. The number of piperidine rings is 1. The summed E-state index contributed by atoms with van der Waals surface area (Å²) in [6.45, 7) is 1.96. The Morgan fingerprint density at radius 3 is 2.83 bits per heavy atom. The molecule has 0 aromatic carbocycles. The van der Waals surface area contributed by atoms with Crippen molar-refractivity contribution in [2.75, 3.05) is 13.1 Å². The number of carbonyl (C=O) groups excluding carboxylic acids is 1. The number of likely N-dealkylation sites (tertiary alicyclic amines) is 1. The maximum atomic E-state index is 11.9. The molecule has 2 amide bonds. The van der Waals surface area contributed by atoms with Gasteiger partial charge in [0.05, 0.1) is 6.54 Å². The minimum absolute atomic E-state index is 0.0131. The molecule has 2 rings (SSSR count). The maximum Gasteiger partial charge on any atom is 0.317 e. The first-order chi connectivity index (χ1) is 8.68. The van der Waals surface area contributed by atoms with Gasteiger partial charge < -0.3 is 15.3 Å². The molecule has 0 bridgehead atoms. The van der Waals surface area contributed by atoms with Crippen molar-refractivity contribution in [3.05, 3.63) is 21.4 Å². The molecule has 2 heterocycles. The van der Waals surface area contributed by atoms with Gasteiger partial charge in [-0.15, -0.1) is 0 Å². The van der Waals surface area contributed by atoms with E-state index in [4.69, 9.17) is 0 Å². The number of aromatic hydroxyl groups is 1. The number of pyridine rings is 1. The summed E-state index contributed by atoms with van der Waals surface area (Å²) in [5.74, 6) is -0.0131. The van der Waals surface area contributed by atoms with Gasteiger partial charge >= 0.3 is 6.03 Å². The molecule has 1 aromatic rings. The van der Waals surface area contributed by atoms with Gasteiger partial charge in [0.25, 0.3) is 0 Å². The highest BCUT2D eigenvalue weighted by Crippen LogP contribution is 2.19. The van der Waals surface area contributed by atoms with Crippen molar-refractivity contribution in [1.29, 1.82) is 0 Å². The largest absolute Gasteiger partial charge is 0.493 e. The van der Waals surface area contributed by atoms with E-state index in [1.807, 2.05) is 11.0 Å². The molecule has 1 aromatic heterocycles. The Kier molecular flexibility index (Phi) is 4.62. The van der Waals surface area contributed by atoms with Gasteiger partial charge in [-0.25, -0.2) is 9.78 Å². The molecule has 98 valence electrons. The maximum absolute atomic E-state index is 11.9. The molecule has 1 aliphatic rings. The van der Waals surface area contributed by atoms with Crippen LogP contribution in [0.1, 0.15) is 24.8 Å². The lowest BCUT2D eigenvalue weighted by atomic mass is 10.1. The van der Waals surface area contributed by atoms with E-state index in [1.165, 1.54) is 6.42 Å². The number of rotatable bonds is 2. The van der Waals surface area contributed by atoms with E-state index in [9.17, 15) is 9.90 Å². The van der Waals surface area contributed by atoms with Crippen molar-refractivity contribution in [3.63, 3.8) is 0 Å². The molecule has 1 saturated heterocycles. The summed E-state index contributed by atoms with van der Waals surface area (Å²) in [5.41, 5.74) is 0.670. The Bertz CT molecular complexity index is 413. The molecule has 6 heteroatoms. The lowest BCUT2D eigenvalue weighted by Gasteiger charge is -2.26. The van der Waals surface area contributed by atoms with Gasteiger partial charge in [0, 0.05) is 28.4 Å². The minimum atomic E-state index is -0.0613. The van der Waals surface area contributed by atoms with Crippen molar-refractivity contribution >= 4 is 28.6 Å². The van der Waals surface area contributed by atoms with Crippen molar-refractivity contribution in [2.24, 2.45) is 0 Å². The van der Waals surface area contributed by atoms with Crippen LogP contribution in [-0.2, 0) is 6.54 Å². The van der Waals surface area contributed by atoms with Gasteiger partial charge in [-0.2, -0.15) is 0 Å². The average Bonchev–Trinajstić information content (AvgIpc) is 2.39. The third kappa shape index (κ3) is 3.24. The van der Waals surface area contributed by atoms with Crippen LogP contribution >= 0.6 is 22.6 Å². The molecule has 0 saturated carbocycles. The van der Waals surface area contributed by atoms with E-state index in [0.29, 0.717) is 12.1 Å². The van der Waals surface area contributed by atoms with Crippen LogP contribution in [-0.4, -0.2) is 34.1 Å². The van der Waals surface area contributed by atoms with Crippen LogP contribution in [0, 0.1) is 3.57 Å². The number of hydrogen-bond donors (Lipinski definition) is 2. The molecule has 0 atom stereocenters. The Hall–Kier alpha value is -1.05. The average molecular weight is 361 g/mol. The Morgan fingerprint density at radius 1 is 1.44 bits per heavy atom. The summed E-state index contributed by atoms with van der Waals surface area (Å²) in [5, 5.41) is 12.5. The lowest BCUT2D eigenvalue weighted by Crippen LogP contribution is -2.42. The normalized spacial score (nSPS) is 15.5. The van der Waals surface area contributed by atoms with Crippen LogP contribution in [0.4, 0.5) is 4.79 Å². The molecule has 18 heavy (non-hydrogen) atoms. The van der Waals surface area contributed by atoms with E-state index in [1.54, 1.807) is 6.20 Å². The quantitative estimate of drug-likeness (QED) is 0.793. The molecule has 2 N–H and O–H groups in total. The van der Waals surface area contributed by atoms with Gasteiger partial charge in [-0.3, -0.25) is 0 Å². The topological polar surface area (TPSA) is 65.5 Å². The van der Waals surface area contributed by atoms with E-state index in [2.05, 4.69) is 32.9 Å². The highest BCUT2D eigenvalue weighted by Gasteiger charge is 2.17. The summed E-state index contributed by atoms with van der Waals surface area (Å²) >= 11 is 2.12. The Labute approximate surface area is 120 Å². The Balaban J connectivity index is 1.92. The van der Waals surface area contributed by atoms with Gasteiger partial charge in [0.1, 0.15) is 0 Å². The van der Waals surface area contributed by atoms with Crippen molar-refractivity contribution < 1.29 is 9.90 Å². The van der Waals surface area contributed by atoms with Crippen LogP contribution in [0.15, 0.2) is 12.3 Å². The molecule has 0 aliphatic carbocycles. The standard InChI is InChI=1S/C12H16IN3O2/c13-10-4-5-14-11(17)9(10)8-15-12(18)16-6-2-1-3-7-16/h4-5H,1-3,6-8H2,(H,14,17)(H,15,18). The molecular formula is C12H16IN3O2. The number of nitrogens with zero attached hydrogens (tertiary/aromatic N) is 2. The summed E-state index contributed by atoms with van der Waals surface area (Å²) in [6.07, 6.45) is 4.89. The van der Waals surface area contributed by atoms with Crippen LogP contribution in [0.25, 0.3) is 0 Å². The first-order valence-electron chi connectivity index (χ1n) is 6.03. The van der Waals surface area contributed by atoms with Crippen LogP contribution in [0.3, 0.4) is 0 Å². The van der Waals surface area contributed by atoms with E-state index in [0.717, 1.165) is 29.5 Å². The second-order valence-corrected chi connectivity index (χ2v) is 5.46. The highest BCUT2D eigenvalue weighted by molar-refractivity contribution is 14.1. The van der Waals surface area contributed by atoms with Crippen LogP contribution < -0.4 is 5.32 Å². The zero-order valence-corrected chi connectivity index (χ0v) is 12.2. The fourth-order valence-electron chi connectivity index (χ4n) is 1.99. The van der Waals surface area contributed by atoms with Gasteiger partial charge in [0.2, 0.25) is 5.88 Å². The fourth-order valence-corrected chi connectivity index (χ4v) is 2.59. The van der Waals surface area contributed by atoms with E-state index in [-0.39, 0.29) is 11.9 Å². The smallest absolute Gasteiger partial charge is 0.317 e. The lowest BCUT2D eigenvalue weighted by molar-refractivity contribution is 0.186. The molecule has 0 unspecified atom stereocenters. The zero-order valence-electron chi connectivity index (χ0n) is 10.0. The fraction of sp³-hybridized carbons (Fsp3) is 0.500. The molecule has 0 spiro atoms. The van der Waals surface area contributed by atoms with Crippen molar-refractivity contribution in [2.45, 2.75) is 25.8 Å². The Morgan fingerprint density at radius 2 is 2.17 bits per heavy atom. The monoisotopic (exact) mass is 361 g/mol. The van der Waals surface area contributed by atoms with Gasteiger partial charge in [0.15, 0.2) is 0 Å².